The maximum absolute atomic E-state index is 2.61. The monoisotopic (exact) mass is 396 g/mol. The summed E-state index contributed by atoms with van der Waals surface area (Å²) in [6.45, 7) is 9.71. The zero-order valence-electron chi connectivity index (χ0n) is 20.0. The highest BCUT2D eigenvalue weighted by molar-refractivity contribution is 5.25. The van der Waals surface area contributed by atoms with Gasteiger partial charge in [0.15, 0.2) is 0 Å². The molecule has 2 aliphatic rings. The van der Waals surface area contributed by atoms with Gasteiger partial charge in [0.05, 0.1) is 0 Å². The zero-order valence-corrected chi connectivity index (χ0v) is 20.0. The van der Waals surface area contributed by atoms with Gasteiger partial charge in [-0.25, -0.2) is 0 Å². The Morgan fingerprint density at radius 2 is 1.28 bits per heavy atom. The molecule has 0 aromatic heterocycles. The van der Waals surface area contributed by atoms with Crippen molar-refractivity contribution < 1.29 is 0 Å². The van der Waals surface area contributed by atoms with E-state index in [1.165, 1.54) is 89.0 Å². The van der Waals surface area contributed by atoms with E-state index in [9.17, 15) is 0 Å². The molecule has 2 unspecified atom stereocenters. The number of rotatable bonds is 9. The molecule has 0 spiro atoms. The lowest BCUT2D eigenvalue weighted by molar-refractivity contribution is 0.118. The van der Waals surface area contributed by atoms with Crippen LogP contribution in [0.15, 0.2) is 24.3 Å². The van der Waals surface area contributed by atoms with Gasteiger partial charge in [0.2, 0.25) is 0 Å². The van der Waals surface area contributed by atoms with Crippen LogP contribution in [-0.4, -0.2) is 0 Å². The summed E-state index contributed by atoms with van der Waals surface area (Å²) in [5.41, 5.74) is 3.08. The van der Waals surface area contributed by atoms with Crippen LogP contribution in [-0.2, 0) is 6.42 Å². The molecule has 0 N–H and O–H groups in total. The second-order valence-corrected chi connectivity index (χ2v) is 10.7. The molecule has 0 heteroatoms. The fraction of sp³-hybridized carbons (Fsp3) is 0.793. The largest absolute Gasteiger partial charge is 0.0654 e. The SMILES string of the molecule is CCCCC1CCC(C(C)C2CCC(C(C)c3ccc(CCC)cc3)CC2)CC1. The average Bonchev–Trinajstić information content (AvgIpc) is 2.78. The first-order valence-electron chi connectivity index (χ1n) is 13.2. The lowest BCUT2D eigenvalue weighted by Crippen LogP contribution is -2.29. The Labute approximate surface area is 182 Å². The van der Waals surface area contributed by atoms with E-state index in [1.807, 2.05) is 0 Å². The number of unbranched alkanes of at least 4 members (excludes halogenated alkanes) is 1. The van der Waals surface area contributed by atoms with Gasteiger partial charge in [-0.2, -0.15) is 0 Å². The Balaban J connectivity index is 1.43. The lowest BCUT2D eigenvalue weighted by atomic mass is 9.65. The molecule has 2 saturated carbocycles. The molecule has 0 saturated heterocycles. The molecule has 29 heavy (non-hydrogen) atoms. The van der Waals surface area contributed by atoms with Crippen LogP contribution in [0.1, 0.15) is 122 Å². The number of hydrogen-bond donors (Lipinski definition) is 0. The van der Waals surface area contributed by atoms with Gasteiger partial charge in [0, 0.05) is 0 Å². The highest BCUT2D eigenvalue weighted by atomic mass is 14.4. The summed E-state index contributed by atoms with van der Waals surface area (Å²) >= 11 is 0. The number of aryl methyl sites for hydroxylation is 1. The van der Waals surface area contributed by atoms with Gasteiger partial charge in [0.25, 0.3) is 0 Å². The van der Waals surface area contributed by atoms with Gasteiger partial charge in [-0.3, -0.25) is 0 Å². The van der Waals surface area contributed by atoms with Crippen LogP contribution < -0.4 is 0 Å². The Bertz CT molecular complexity index is 554. The van der Waals surface area contributed by atoms with Gasteiger partial charge in [-0.05, 0) is 91.6 Å². The van der Waals surface area contributed by atoms with Gasteiger partial charge >= 0.3 is 0 Å². The van der Waals surface area contributed by atoms with Crippen LogP contribution in [0.25, 0.3) is 0 Å². The van der Waals surface area contributed by atoms with Crippen LogP contribution in [0.3, 0.4) is 0 Å². The quantitative estimate of drug-likeness (QED) is 0.390. The minimum absolute atomic E-state index is 0.732. The molecule has 2 atom stereocenters. The summed E-state index contributed by atoms with van der Waals surface area (Å²) < 4.78 is 0. The third-order valence-electron chi connectivity index (χ3n) is 8.91. The molecule has 0 aliphatic heterocycles. The molecule has 1 aromatic rings. The Hall–Kier alpha value is -0.780. The van der Waals surface area contributed by atoms with Gasteiger partial charge in [-0.15, -0.1) is 0 Å². The second kappa shape index (κ2) is 11.6. The Morgan fingerprint density at radius 3 is 1.83 bits per heavy atom. The maximum Gasteiger partial charge on any atom is -0.0162 e. The van der Waals surface area contributed by atoms with E-state index in [2.05, 4.69) is 52.0 Å². The molecule has 3 rings (SSSR count). The van der Waals surface area contributed by atoms with E-state index in [4.69, 9.17) is 0 Å². The van der Waals surface area contributed by atoms with Crippen molar-refractivity contribution in [1.82, 2.24) is 0 Å². The molecule has 0 bridgehead atoms. The number of benzene rings is 1. The van der Waals surface area contributed by atoms with Crippen molar-refractivity contribution in [3.8, 4) is 0 Å². The van der Waals surface area contributed by atoms with Crippen LogP contribution in [0.5, 0.6) is 0 Å². The highest BCUT2D eigenvalue weighted by Crippen LogP contribution is 2.45. The molecule has 1 aromatic carbocycles. The fourth-order valence-electron chi connectivity index (χ4n) is 6.60. The average molecular weight is 397 g/mol. The summed E-state index contributed by atoms with van der Waals surface area (Å²) in [5, 5.41) is 0. The predicted molar refractivity (Wildman–Crippen MR) is 128 cm³/mol. The van der Waals surface area contributed by atoms with Gasteiger partial charge < -0.3 is 0 Å². The molecule has 0 radical (unpaired) electrons. The van der Waals surface area contributed by atoms with Crippen molar-refractivity contribution in [2.45, 2.75) is 117 Å². The molecular formula is C29H48. The molecule has 0 heterocycles. The van der Waals surface area contributed by atoms with Gasteiger partial charge in [-0.1, -0.05) is 90.5 Å². The van der Waals surface area contributed by atoms with Crippen molar-refractivity contribution in [3.05, 3.63) is 35.4 Å². The first kappa shape index (κ1) is 22.9. The van der Waals surface area contributed by atoms with Crippen molar-refractivity contribution >= 4 is 0 Å². The predicted octanol–water partition coefficient (Wildman–Crippen LogP) is 9.18. The van der Waals surface area contributed by atoms with Crippen molar-refractivity contribution in [2.24, 2.45) is 29.6 Å². The van der Waals surface area contributed by atoms with Crippen molar-refractivity contribution in [1.29, 1.82) is 0 Å². The third kappa shape index (κ3) is 6.35. The molecule has 2 fully saturated rings. The van der Waals surface area contributed by atoms with Gasteiger partial charge in [0.1, 0.15) is 0 Å². The van der Waals surface area contributed by atoms with E-state index in [0.717, 1.165) is 35.5 Å². The maximum atomic E-state index is 2.61. The molecule has 0 amide bonds. The standard InChI is InChI=1S/C29H48/c1-5-7-9-25-12-16-27(17-13-25)23(4)29-20-18-28(19-21-29)22(3)26-14-10-24(8-6-2)11-15-26/h10-11,14-15,22-23,25,27-29H,5-9,12-13,16-21H2,1-4H3. The first-order valence-corrected chi connectivity index (χ1v) is 13.2. The first-order chi connectivity index (χ1) is 14.1. The van der Waals surface area contributed by atoms with E-state index < -0.39 is 0 Å². The van der Waals surface area contributed by atoms with E-state index >= 15 is 0 Å². The smallest absolute Gasteiger partial charge is 0.0162 e. The van der Waals surface area contributed by atoms with Crippen molar-refractivity contribution in [3.63, 3.8) is 0 Å². The van der Waals surface area contributed by atoms with Crippen LogP contribution in [0.4, 0.5) is 0 Å². The van der Waals surface area contributed by atoms with Crippen LogP contribution in [0, 0.1) is 29.6 Å². The van der Waals surface area contributed by atoms with E-state index in [-0.39, 0.29) is 0 Å². The summed E-state index contributed by atoms with van der Waals surface area (Å²) in [7, 11) is 0. The topological polar surface area (TPSA) is 0 Å². The number of hydrogen-bond acceptors (Lipinski definition) is 0. The molecule has 0 nitrogen and oxygen atoms in total. The summed E-state index contributed by atoms with van der Waals surface area (Å²) in [5.74, 6) is 5.68. The summed E-state index contributed by atoms with van der Waals surface area (Å²) in [6.07, 6.45) is 18.8. The lowest BCUT2D eigenvalue weighted by Gasteiger charge is -2.40. The van der Waals surface area contributed by atoms with Crippen molar-refractivity contribution in [2.75, 3.05) is 0 Å². The Morgan fingerprint density at radius 1 is 0.724 bits per heavy atom. The molecule has 164 valence electrons. The molecular weight excluding hydrogens is 348 g/mol. The van der Waals surface area contributed by atoms with Crippen LogP contribution >= 0.6 is 0 Å². The van der Waals surface area contributed by atoms with Crippen LogP contribution in [0.2, 0.25) is 0 Å². The minimum atomic E-state index is 0.732. The zero-order chi connectivity index (χ0) is 20.6. The molecule has 2 aliphatic carbocycles. The van der Waals surface area contributed by atoms with E-state index in [1.54, 1.807) is 5.56 Å². The normalized spacial score (nSPS) is 30.1. The Kier molecular flexibility index (Phi) is 9.13. The highest BCUT2D eigenvalue weighted by Gasteiger charge is 2.33. The third-order valence-corrected chi connectivity index (χ3v) is 8.91. The minimum Gasteiger partial charge on any atom is -0.0654 e. The van der Waals surface area contributed by atoms with E-state index in [0.29, 0.717) is 0 Å². The summed E-state index contributed by atoms with van der Waals surface area (Å²) in [4.78, 5) is 0. The fourth-order valence-corrected chi connectivity index (χ4v) is 6.60. The second-order valence-electron chi connectivity index (χ2n) is 10.7. The summed E-state index contributed by atoms with van der Waals surface area (Å²) in [6, 6.07) is 9.59.